The Labute approximate surface area is 157 Å². The molecule has 0 spiro atoms. The number of carbonyl (C=O) groups is 3. The smallest absolute Gasteiger partial charge is 0.242 e. The average molecular weight is 371 g/mol. The van der Waals surface area contributed by atoms with E-state index in [0.717, 1.165) is 4.90 Å². The number of benzene rings is 1. The average Bonchev–Trinajstić information content (AvgIpc) is 2.94. The number of anilines is 1. The number of fused-ring (bicyclic) bond motifs is 1. The van der Waals surface area contributed by atoms with Crippen molar-refractivity contribution in [2.75, 3.05) is 37.6 Å². The van der Waals surface area contributed by atoms with E-state index < -0.39 is 0 Å². The molecule has 3 aliphatic rings. The number of halogens is 1. The Balaban J connectivity index is 1.36. The molecule has 2 atom stereocenters. The molecule has 3 amide bonds. The minimum Gasteiger partial charge on any atom is -0.366 e. The molecule has 1 aromatic carbocycles. The second kappa shape index (κ2) is 7.13. The second-order valence-corrected chi connectivity index (χ2v) is 7.24. The highest BCUT2D eigenvalue weighted by Crippen LogP contribution is 2.35. The quantitative estimate of drug-likeness (QED) is 0.596. The van der Waals surface area contributed by atoms with Gasteiger partial charge in [0.05, 0.1) is 17.5 Å². The predicted molar refractivity (Wildman–Crippen MR) is 97.3 cm³/mol. The largest absolute Gasteiger partial charge is 0.366 e. The molecule has 0 radical (unpaired) electrons. The van der Waals surface area contributed by atoms with Gasteiger partial charge in [-0.1, -0.05) is 24.3 Å². The number of imide groups is 1. The van der Waals surface area contributed by atoms with Crippen LogP contribution in [-0.4, -0.2) is 60.2 Å². The van der Waals surface area contributed by atoms with E-state index >= 15 is 0 Å². The van der Waals surface area contributed by atoms with E-state index in [0.29, 0.717) is 44.7 Å². The minimum absolute atomic E-state index is 0.190. The number of hydrogen-bond acceptors (Lipinski definition) is 4. The molecule has 2 saturated heterocycles. The lowest BCUT2D eigenvalue weighted by Crippen LogP contribution is -2.52. The van der Waals surface area contributed by atoms with Gasteiger partial charge in [0.2, 0.25) is 17.7 Å². The Morgan fingerprint density at radius 2 is 1.56 bits per heavy atom. The highest BCUT2D eigenvalue weighted by Gasteiger charge is 2.48. The fourth-order valence-corrected chi connectivity index (χ4v) is 4.17. The van der Waals surface area contributed by atoms with E-state index in [-0.39, 0.29) is 41.9 Å². The molecule has 1 aliphatic carbocycles. The van der Waals surface area contributed by atoms with Crippen molar-refractivity contribution in [2.24, 2.45) is 11.8 Å². The van der Waals surface area contributed by atoms with E-state index in [1.165, 1.54) is 6.07 Å². The van der Waals surface area contributed by atoms with Gasteiger partial charge in [-0.15, -0.1) is 0 Å². The Morgan fingerprint density at radius 1 is 0.963 bits per heavy atom. The summed E-state index contributed by atoms with van der Waals surface area (Å²) in [6.45, 7) is 1.73. The molecule has 0 bridgehead atoms. The van der Waals surface area contributed by atoms with Gasteiger partial charge in [0.1, 0.15) is 12.4 Å². The zero-order chi connectivity index (χ0) is 19.0. The van der Waals surface area contributed by atoms with Crippen LogP contribution in [0.3, 0.4) is 0 Å². The van der Waals surface area contributed by atoms with Gasteiger partial charge < -0.3 is 9.80 Å². The first-order chi connectivity index (χ1) is 13.1. The first-order valence-electron chi connectivity index (χ1n) is 9.33. The summed E-state index contributed by atoms with van der Waals surface area (Å²) in [6, 6.07) is 6.58. The number of piperazine rings is 1. The molecule has 2 fully saturated rings. The minimum atomic E-state index is -0.312. The number of nitrogens with zero attached hydrogens (tertiary/aromatic N) is 3. The summed E-state index contributed by atoms with van der Waals surface area (Å²) < 4.78 is 13.9. The molecule has 2 heterocycles. The van der Waals surface area contributed by atoms with E-state index in [2.05, 4.69) is 0 Å². The highest BCUT2D eigenvalue weighted by atomic mass is 19.1. The molecule has 142 valence electrons. The number of hydrogen-bond donors (Lipinski definition) is 0. The second-order valence-electron chi connectivity index (χ2n) is 7.24. The fraction of sp³-hybridized carbons (Fsp3) is 0.450. The van der Waals surface area contributed by atoms with Crippen molar-refractivity contribution in [2.45, 2.75) is 12.8 Å². The maximum absolute atomic E-state index is 13.9. The zero-order valence-electron chi connectivity index (χ0n) is 15.0. The van der Waals surface area contributed by atoms with E-state index in [1.54, 1.807) is 23.1 Å². The maximum Gasteiger partial charge on any atom is 0.242 e. The number of para-hydroxylation sites is 1. The van der Waals surface area contributed by atoms with Crippen LogP contribution in [0.1, 0.15) is 12.8 Å². The third kappa shape index (κ3) is 3.22. The van der Waals surface area contributed by atoms with Gasteiger partial charge >= 0.3 is 0 Å². The van der Waals surface area contributed by atoms with Gasteiger partial charge in [0.15, 0.2) is 0 Å². The topological polar surface area (TPSA) is 60.9 Å². The van der Waals surface area contributed by atoms with Crippen molar-refractivity contribution >= 4 is 23.4 Å². The van der Waals surface area contributed by atoms with Gasteiger partial charge in [-0.25, -0.2) is 4.39 Å². The van der Waals surface area contributed by atoms with Gasteiger partial charge in [-0.05, 0) is 25.0 Å². The van der Waals surface area contributed by atoms with Crippen molar-refractivity contribution in [3.63, 3.8) is 0 Å². The van der Waals surface area contributed by atoms with Crippen LogP contribution in [0.5, 0.6) is 0 Å². The Hall–Kier alpha value is -2.70. The first-order valence-corrected chi connectivity index (χ1v) is 9.33. The van der Waals surface area contributed by atoms with Crippen LogP contribution >= 0.6 is 0 Å². The number of likely N-dealkylation sites (tertiary alicyclic amines) is 1. The lowest BCUT2D eigenvalue weighted by molar-refractivity contribution is -0.146. The molecule has 2 aliphatic heterocycles. The standard InChI is InChI=1S/C20H22FN3O3/c21-16-7-3-4-8-17(16)22-9-11-23(12-10-22)18(25)13-24-19(26)14-5-1-2-6-15(14)20(24)27/h1-4,7-8,14-15H,5-6,9-13H2/t14-,15-/m0/s1. The summed E-state index contributed by atoms with van der Waals surface area (Å²) >= 11 is 0. The van der Waals surface area contributed by atoms with Crippen molar-refractivity contribution < 1.29 is 18.8 Å². The van der Waals surface area contributed by atoms with Gasteiger partial charge in [0.25, 0.3) is 0 Å². The number of carbonyl (C=O) groups excluding carboxylic acids is 3. The summed E-state index contributed by atoms with van der Waals surface area (Å²) in [7, 11) is 0. The van der Waals surface area contributed by atoms with Gasteiger partial charge in [-0.2, -0.15) is 0 Å². The normalized spacial score (nSPS) is 25.1. The third-order valence-electron chi connectivity index (χ3n) is 5.72. The lowest BCUT2D eigenvalue weighted by Gasteiger charge is -2.36. The van der Waals surface area contributed by atoms with E-state index in [9.17, 15) is 18.8 Å². The van der Waals surface area contributed by atoms with E-state index in [4.69, 9.17) is 0 Å². The molecule has 6 nitrogen and oxygen atoms in total. The molecule has 0 saturated carbocycles. The lowest BCUT2D eigenvalue weighted by atomic mass is 9.85. The monoisotopic (exact) mass is 371 g/mol. The van der Waals surface area contributed by atoms with Crippen molar-refractivity contribution in [3.8, 4) is 0 Å². The SMILES string of the molecule is O=C(CN1C(=O)[C@H]2CC=CC[C@@H]2C1=O)N1CCN(c2ccccc2F)CC1. The Kier molecular flexibility index (Phi) is 4.68. The predicted octanol–water partition coefficient (Wildman–Crippen LogP) is 1.43. The summed E-state index contributed by atoms with van der Waals surface area (Å²) in [5, 5.41) is 0. The molecule has 7 heteroatoms. The molecule has 1 aromatic rings. The molecule has 0 N–H and O–H groups in total. The van der Waals surface area contributed by atoms with Crippen LogP contribution < -0.4 is 4.90 Å². The van der Waals surface area contributed by atoms with Crippen LogP contribution in [0.15, 0.2) is 36.4 Å². The molecular formula is C20H22FN3O3. The maximum atomic E-state index is 13.9. The highest BCUT2D eigenvalue weighted by molar-refractivity contribution is 6.07. The molecule has 4 rings (SSSR count). The zero-order valence-corrected chi connectivity index (χ0v) is 15.0. The summed E-state index contributed by atoms with van der Waals surface area (Å²) in [5.74, 6) is -1.58. The number of allylic oxidation sites excluding steroid dienone is 2. The van der Waals surface area contributed by atoms with Crippen LogP contribution in [0.2, 0.25) is 0 Å². The molecular weight excluding hydrogens is 349 g/mol. The van der Waals surface area contributed by atoms with Crippen molar-refractivity contribution in [1.82, 2.24) is 9.80 Å². The van der Waals surface area contributed by atoms with Crippen LogP contribution in [0, 0.1) is 17.7 Å². The molecule has 0 unspecified atom stereocenters. The Morgan fingerprint density at radius 3 is 2.15 bits per heavy atom. The summed E-state index contributed by atoms with van der Waals surface area (Å²) in [4.78, 5) is 42.3. The van der Waals surface area contributed by atoms with Gasteiger partial charge in [-0.3, -0.25) is 19.3 Å². The summed E-state index contributed by atoms with van der Waals surface area (Å²) in [5.41, 5.74) is 0.533. The summed E-state index contributed by atoms with van der Waals surface area (Å²) in [6.07, 6.45) is 5.00. The van der Waals surface area contributed by atoms with Crippen LogP contribution in [-0.2, 0) is 14.4 Å². The Bertz CT molecular complexity index is 775. The number of rotatable bonds is 3. The van der Waals surface area contributed by atoms with E-state index in [1.807, 2.05) is 17.1 Å². The first kappa shape index (κ1) is 17.7. The van der Waals surface area contributed by atoms with Crippen molar-refractivity contribution in [3.05, 3.63) is 42.2 Å². The molecule has 27 heavy (non-hydrogen) atoms. The van der Waals surface area contributed by atoms with Crippen LogP contribution in [0.25, 0.3) is 0 Å². The fourth-order valence-electron chi connectivity index (χ4n) is 4.17. The molecule has 0 aromatic heterocycles. The number of amides is 3. The van der Waals surface area contributed by atoms with Crippen molar-refractivity contribution in [1.29, 1.82) is 0 Å². The third-order valence-corrected chi connectivity index (χ3v) is 5.72. The van der Waals surface area contributed by atoms with Crippen LogP contribution in [0.4, 0.5) is 10.1 Å². The van der Waals surface area contributed by atoms with Gasteiger partial charge in [0, 0.05) is 26.2 Å².